The van der Waals surface area contributed by atoms with Crippen molar-refractivity contribution in [3.63, 3.8) is 0 Å². The number of benzene rings is 3. The van der Waals surface area contributed by atoms with Gasteiger partial charge in [-0.05, 0) is 55.0 Å². The Morgan fingerprint density at radius 1 is 0.943 bits per heavy atom. The quantitative estimate of drug-likeness (QED) is 0.318. The van der Waals surface area contributed by atoms with Gasteiger partial charge in [-0.15, -0.1) is 0 Å². The van der Waals surface area contributed by atoms with Gasteiger partial charge >= 0.3 is 0 Å². The Bertz CT molecular complexity index is 1310. The summed E-state index contributed by atoms with van der Waals surface area (Å²) in [6, 6.07) is 19.0. The smallest absolute Gasteiger partial charge is 0.300 e. The van der Waals surface area contributed by atoms with E-state index in [4.69, 9.17) is 9.47 Å². The second-order valence-electron chi connectivity index (χ2n) is 8.56. The van der Waals surface area contributed by atoms with Gasteiger partial charge in [-0.2, -0.15) is 0 Å². The van der Waals surface area contributed by atoms with Crippen LogP contribution in [0.1, 0.15) is 22.7 Å². The number of amides is 1. The maximum atomic E-state index is 13.4. The number of ether oxygens (including phenoxy) is 2. The highest BCUT2D eigenvalue weighted by Crippen LogP contribution is 2.44. The minimum atomic E-state index is -0.823. The van der Waals surface area contributed by atoms with Crippen LogP contribution in [-0.4, -0.2) is 45.1 Å². The second-order valence-corrected chi connectivity index (χ2v) is 8.56. The molecule has 0 aliphatic carbocycles. The van der Waals surface area contributed by atoms with Crippen molar-refractivity contribution in [3.8, 4) is 11.5 Å². The van der Waals surface area contributed by atoms with Crippen molar-refractivity contribution < 1.29 is 24.2 Å². The van der Waals surface area contributed by atoms with Crippen LogP contribution >= 0.6 is 0 Å². The van der Waals surface area contributed by atoms with Crippen LogP contribution < -0.4 is 19.3 Å². The second kappa shape index (κ2) is 9.54. The monoisotopic (exact) mass is 472 g/mol. The van der Waals surface area contributed by atoms with Crippen LogP contribution in [0.25, 0.3) is 5.76 Å². The van der Waals surface area contributed by atoms with Crippen molar-refractivity contribution in [3.05, 3.63) is 89.0 Å². The van der Waals surface area contributed by atoms with Crippen LogP contribution in [0.3, 0.4) is 0 Å². The van der Waals surface area contributed by atoms with Crippen molar-refractivity contribution in [1.82, 2.24) is 0 Å². The van der Waals surface area contributed by atoms with Gasteiger partial charge in [-0.25, -0.2) is 0 Å². The summed E-state index contributed by atoms with van der Waals surface area (Å²) in [6.45, 7) is 1.94. The summed E-state index contributed by atoms with van der Waals surface area (Å²) in [5.41, 5.74) is 3.45. The number of carbonyl (C=O) groups is 2. The molecule has 1 N–H and O–H groups in total. The summed E-state index contributed by atoms with van der Waals surface area (Å²) in [5.74, 6) is -0.966. The van der Waals surface area contributed by atoms with Crippen LogP contribution in [0, 0.1) is 6.92 Å². The number of methoxy groups -OCH3 is 2. The van der Waals surface area contributed by atoms with E-state index in [0.717, 1.165) is 11.3 Å². The van der Waals surface area contributed by atoms with Crippen molar-refractivity contribution in [1.29, 1.82) is 0 Å². The zero-order chi connectivity index (χ0) is 25.3. The van der Waals surface area contributed by atoms with Crippen LogP contribution in [0.2, 0.25) is 0 Å². The normalized spacial score (nSPS) is 16.9. The number of ketones is 1. The highest BCUT2D eigenvalue weighted by atomic mass is 16.5. The number of hydrogen-bond donors (Lipinski definition) is 1. The number of Topliss-reactive ketones (excluding diaryl/α,β-unsaturated/α-hetero) is 1. The highest BCUT2D eigenvalue weighted by molar-refractivity contribution is 6.51. The third kappa shape index (κ3) is 4.33. The molecule has 1 heterocycles. The molecule has 0 aromatic heterocycles. The summed E-state index contributed by atoms with van der Waals surface area (Å²) in [6.07, 6.45) is 0. The molecule has 3 aromatic carbocycles. The lowest BCUT2D eigenvalue weighted by atomic mass is 9.94. The fourth-order valence-corrected chi connectivity index (χ4v) is 4.31. The highest BCUT2D eigenvalue weighted by Gasteiger charge is 2.47. The third-order valence-corrected chi connectivity index (χ3v) is 6.11. The van der Waals surface area contributed by atoms with Gasteiger partial charge in [0.05, 0.1) is 31.4 Å². The third-order valence-electron chi connectivity index (χ3n) is 6.11. The topological polar surface area (TPSA) is 79.3 Å². The van der Waals surface area contributed by atoms with Gasteiger partial charge in [0, 0.05) is 25.5 Å². The van der Waals surface area contributed by atoms with E-state index in [1.54, 1.807) is 30.3 Å². The molecule has 3 aromatic rings. The minimum Gasteiger partial charge on any atom is -0.507 e. The first-order valence-electron chi connectivity index (χ1n) is 11.1. The lowest BCUT2D eigenvalue weighted by molar-refractivity contribution is -0.132. The molecule has 0 saturated carbocycles. The molecule has 1 aliphatic rings. The molecule has 1 unspecified atom stereocenters. The lowest BCUT2D eigenvalue weighted by Crippen LogP contribution is -2.29. The molecule has 1 fully saturated rings. The minimum absolute atomic E-state index is 0.0103. The van der Waals surface area contributed by atoms with Crippen molar-refractivity contribution >= 4 is 28.8 Å². The fraction of sp³-hybridized carbons (Fsp3) is 0.214. The Kier molecular flexibility index (Phi) is 6.51. The average Bonchev–Trinajstić information content (AvgIpc) is 3.13. The number of aryl methyl sites for hydroxylation is 1. The molecule has 0 bridgehead atoms. The first-order valence-corrected chi connectivity index (χ1v) is 11.1. The van der Waals surface area contributed by atoms with Gasteiger partial charge in [0.1, 0.15) is 17.3 Å². The number of aliphatic hydroxyl groups excluding tert-OH is 1. The molecule has 4 rings (SSSR count). The summed E-state index contributed by atoms with van der Waals surface area (Å²) >= 11 is 0. The first-order chi connectivity index (χ1) is 16.8. The van der Waals surface area contributed by atoms with E-state index >= 15 is 0 Å². The van der Waals surface area contributed by atoms with E-state index < -0.39 is 17.7 Å². The molecule has 1 saturated heterocycles. The Labute approximate surface area is 204 Å². The Morgan fingerprint density at radius 2 is 1.66 bits per heavy atom. The van der Waals surface area contributed by atoms with E-state index in [9.17, 15) is 14.7 Å². The molecular weight excluding hydrogens is 444 g/mol. The van der Waals surface area contributed by atoms with Gasteiger partial charge in [0.2, 0.25) is 0 Å². The van der Waals surface area contributed by atoms with Crippen LogP contribution in [0.15, 0.2) is 72.3 Å². The van der Waals surface area contributed by atoms with Crippen molar-refractivity contribution in [2.45, 2.75) is 13.0 Å². The van der Waals surface area contributed by atoms with Gasteiger partial charge in [0.25, 0.3) is 11.7 Å². The number of aliphatic hydroxyl groups is 1. The van der Waals surface area contributed by atoms with E-state index in [1.165, 1.54) is 19.1 Å². The maximum Gasteiger partial charge on any atom is 0.300 e. The summed E-state index contributed by atoms with van der Waals surface area (Å²) in [4.78, 5) is 30.2. The van der Waals surface area contributed by atoms with Gasteiger partial charge in [-0.1, -0.05) is 29.8 Å². The molecule has 7 nitrogen and oxygen atoms in total. The van der Waals surface area contributed by atoms with E-state index in [1.807, 2.05) is 62.3 Å². The maximum absolute atomic E-state index is 13.4. The van der Waals surface area contributed by atoms with E-state index in [0.29, 0.717) is 22.7 Å². The van der Waals surface area contributed by atoms with Crippen LogP contribution in [-0.2, 0) is 9.59 Å². The zero-order valence-corrected chi connectivity index (χ0v) is 20.4. The molecule has 7 heteroatoms. The predicted octanol–water partition coefficient (Wildman–Crippen LogP) is 4.70. The molecule has 180 valence electrons. The summed E-state index contributed by atoms with van der Waals surface area (Å²) < 4.78 is 10.7. The molecule has 1 aliphatic heterocycles. The number of anilines is 2. The SMILES string of the molecule is COc1ccc(OC)c(/C(O)=C2\C(=O)C(=O)N(c3ccc(N(C)C)cc3)C2c2cccc(C)c2)c1. The standard InChI is InChI=1S/C28H28N2O5/c1-17-7-6-8-18(15-17)25-24(26(31)22-16-21(34-4)13-14-23(22)35-5)27(32)28(33)30(25)20-11-9-19(10-12-20)29(2)3/h6-16,25,31H,1-5H3/b26-24+. The van der Waals surface area contributed by atoms with E-state index in [2.05, 4.69) is 0 Å². The van der Waals surface area contributed by atoms with Gasteiger partial charge in [-0.3, -0.25) is 14.5 Å². The molecular formula is C28H28N2O5. The largest absolute Gasteiger partial charge is 0.507 e. The number of hydrogen-bond acceptors (Lipinski definition) is 6. The van der Waals surface area contributed by atoms with Gasteiger partial charge in [0.15, 0.2) is 0 Å². The summed E-state index contributed by atoms with van der Waals surface area (Å²) in [7, 11) is 6.83. The summed E-state index contributed by atoms with van der Waals surface area (Å²) in [5, 5.41) is 11.5. The van der Waals surface area contributed by atoms with E-state index in [-0.39, 0.29) is 16.9 Å². The zero-order valence-electron chi connectivity index (χ0n) is 20.4. The number of carbonyl (C=O) groups excluding carboxylic acids is 2. The van der Waals surface area contributed by atoms with Crippen molar-refractivity contribution in [2.75, 3.05) is 38.1 Å². The number of nitrogens with zero attached hydrogens (tertiary/aromatic N) is 2. The Morgan fingerprint density at radius 3 is 2.26 bits per heavy atom. The predicted molar refractivity (Wildman–Crippen MR) is 136 cm³/mol. The molecule has 0 spiro atoms. The first kappa shape index (κ1) is 23.9. The molecule has 0 radical (unpaired) electrons. The van der Waals surface area contributed by atoms with Crippen molar-refractivity contribution in [2.24, 2.45) is 0 Å². The average molecular weight is 473 g/mol. The molecule has 1 amide bonds. The Balaban J connectivity index is 1.96. The lowest BCUT2D eigenvalue weighted by Gasteiger charge is -2.26. The molecule has 35 heavy (non-hydrogen) atoms. The molecule has 1 atom stereocenters. The van der Waals surface area contributed by atoms with Gasteiger partial charge < -0.3 is 19.5 Å². The fourth-order valence-electron chi connectivity index (χ4n) is 4.31. The van der Waals surface area contributed by atoms with Crippen LogP contribution in [0.5, 0.6) is 11.5 Å². The number of rotatable bonds is 6. The van der Waals surface area contributed by atoms with Crippen LogP contribution in [0.4, 0.5) is 11.4 Å². The Hall–Kier alpha value is -4.26.